The first-order valence-electron chi connectivity index (χ1n) is 12.5. The van der Waals surface area contributed by atoms with Crippen LogP contribution in [0.2, 0.25) is 0 Å². The van der Waals surface area contributed by atoms with Crippen LogP contribution in [0.3, 0.4) is 0 Å². The van der Waals surface area contributed by atoms with E-state index in [1.807, 2.05) is 49.4 Å². The van der Waals surface area contributed by atoms with E-state index < -0.39 is 0 Å². The molecular weight excluding hydrogens is 478 g/mol. The fourth-order valence-corrected chi connectivity index (χ4v) is 5.13. The molecule has 0 radical (unpaired) electrons. The predicted octanol–water partition coefficient (Wildman–Crippen LogP) is 5.80. The van der Waals surface area contributed by atoms with Gasteiger partial charge in [-0.15, -0.1) is 0 Å². The number of nitrogens with zero attached hydrogens (tertiary/aromatic N) is 3. The summed E-state index contributed by atoms with van der Waals surface area (Å²) in [6, 6.07) is 24.1. The van der Waals surface area contributed by atoms with E-state index in [4.69, 9.17) is 12.2 Å². The number of thiocarbonyl (C=S) groups is 1. The second kappa shape index (κ2) is 10.6. The van der Waals surface area contributed by atoms with Crippen molar-refractivity contribution in [3.8, 4) is 5.69 Å². The summed E-state index contributed by atoms with van der Waals surface area (Å²) in [6.45, 7) is 6.76. The number of aryl methyl sites for hydroxylation is 3. The number of aromatic nitrogens is 2. The van der Waals surface area contributed by atoms with E-state index in [0.29, 0.717) is 18.1 Å². The third-order valence-corrected chi connectivity index (χ3v) is 7.32. The van der Waals surface area contributed by atoms with Crippen LogP contribution < -0.4 is 10.6 Å². The normalized spacial score (nSPS) is 17.1. The fourth-order valence-electron chi connectivity index (χ4n) is 4.80. The summed E-state index contributed by atoms with van der Waals surface area (Å²) < 4.78 is 2.21. The summed E-state index contributed by atoms with van der Waals surface area (Å²) in [5.74, 6) is -0.0452. The minimum atomic E-state index is -0.144. The molecule has 1 aliphatic heterocycles. The Morgan fingerprint density at radius 3 is 2.54 bits per heavy atom. The molecule has 0 saturated carbocycles. The molecule has 2 N–H and O–H groups in total. The Morgan fingerprint density at radius 1 is 1.00 bits per heavy atom. The SMILES string of the molecule is Cc1ccc(NC(=O)CCN2C(=S)N[C@@H](c3ccccn3)[C@@H]2c2cccn2-c2ccc(C)c(C)c2)cc1. The van der Waals surface area contributed by atoms with Crippen LogP contribution in [-0.2, 0) is 4.79 Å². The van der Waals surface area contributed by atoms with Gasteiger partial charge in [0.25, 0.3) is 0 Å². The molecule has 3 heterocycles. The topological polar surface area (TPSA) is 62.2 Å². The van der Waals surface area contributed by atoms with E-state index in [2.05, 4.69) is 75.5 Å². The minimum absolute atomic E-state index is 0.0452. The van der Waals surface area contributed by atoms with Gasteiger partial charge >= 0.3 is 0 Å². The maximum Gasteiger partial charge on any atom is 0.226 e. The molecule has 2 aromatic carbocycles. The lowest BCUT2D eigenvalue weighted by Crippen LogP contribution is -2.33. The van der Waals surface area contributed by atoms with Crippen molar-refractivity contribution >= 4 is 28.9 Å². The molecule has 1 amide bonds. The Hall–Kier alpha value is -3.97. The van der Waals surface area contributed by atoms with Gasteiger partial charge in [-0.1, -0.05) is 29.8 Å². The highest BCUT2D eigenvalue weighted by molar-refractivity contribution is 7.80. The average molecular weight is 510 g/mol. The molecule has 1 saturated heterocycles. The van der Waals surface area contributed by atoms with E-state index in [9.17, 15) is 4.79 Å². The van der Waals surface area contributed by atoms with Gasteiger partial charge in [0, 0.05) is 42.4 Å². The molecular formula is C30H31N5OS. The summed E-state index contributed by atoms with van der Waals surface area (Å²) in [7, 11) is 0. The third-order valence-electron chi connectivity index (χ3n) is 6.96. The number of carbonyl (C=O) groups is 1. The second-order valence-electron chi connectivity index (χ2n) is 9.56. The molecule has 7 heteroatoms. The summed E-state index contributed by atoms with van der Waals surface area (Å²) in [5, 5.41) is 7.11. The number of hydrogen-bond donors (Lipinski definition) is 2. The van der Waals surface area contributed by atoms with E-state index in [-0.39, 0.29) is 18.0 Å². The van der Waals surface area contributed by atoms with E-state index in [0.717, 1.165) is 28.3 Å². The predicted molar refractivity (Wildman–Crippen MR) is 152 cm³/mol. The summed E-state index contributed by atoms with van der Waals surface area (Å²) in [4.78, 5) is 19.6. The number of amides is 1. The Labute approximate surface area is 223 Å². The number of benzene rings is 2. The zero-order chi connectivity index (χ0) is 25.9. The van der Waals surface area contributed by atoms with Crippen molar-refractivity contribution in [2.45, 2.75) is 39.3 Å². The van der Waals surface area contributed by atoms with Gasteiger partial charge in [0.05, 0.1) is 17.8 Å². The van der Waals surface area contributed by atoms with Crippen LogP contribution in [0.4, 0.5) is 5.69 Å². The quantitative estimate of drug-likeness (QED) is 0.309. The van der Waals surface area contributed by atoms with Crippen LogP contribution in [0.15, 0.2) is 85.2 Å². The van der Waals surface area contributed by atoms with Crippen LogP contribution in [0.5, 0.6) is 0 Å². The second-order valence-corrected chi connectivity index (χ2v) is 9.94. The molecule has 0 aliphatic carbocycles. The average Bonchev–Trinajstić information content (AvgIpc) is 3.50. The molecule has 1 fully saturated rings. The summed E-state index contributed by atoms with van der Waals surface area (Å²) >= 11 is 5.81. The van der Waals surface area contributed by atoms with Gasteiger partial charge in [-0.25, -0.2) is 0 Å². The molecule has 0 bridgehead atoms. The number of pyridine rings is 1. The lowest BCUT2D eigenvalue weighted by molar-refractivity contribution is -0.116. The monoisotopic (exact) mass is 509 g/mol. The van der Waals surface area contributed by atoms with Crippen molar-refractivity contribution in [1.29, 1.82) is 0 Å². The first kappa shape index (κ1) is 24.7. The zero-order valence-electron chi connectivity index (χ0n) is 21.3. The van der Waals surface area contributed by atoms with Crippen molar-refractivity contribution in [3.05, 3.63) is 113 Å². The smallest absolute Gasteiger partial charge is 0.226 e. The van der Waals surface area contributed by atoms with Gasteiger partial charge < -0.3 is 20.1 Å². The molecule has 188 valence electrons. The van der Waals surface area contributed by atoms with Crippen LogP contribution in [0.25, 0.3) is 5.69 Å². The lowest BCUT2D eigenvalue weighted by atomic mass is 10.0. The van der Waals surface area contributed by atoms with Crippen molar-refractivity contribution in [3.63, 3.8) is 0 Å². The van der Waals surface area contributed by atoms with Crippen molar-refractivity contribution < 1.29 is 4.79 Å². The van der Waals surface area contributed by atoms with Gasteiger partial charge in [0.1, 0.15) is 0 Å². The Balaban J connectivity index is 1.44. The molecule has 2 aromatic heterocycles. The highest BCUT2D eigenvalue weighted by Crippen LogP contribution is 2.39. The van der Waals surface area contributed by atoms with E-state index in [1.54, 1.807) is 6.20 Å². The highest BCUT2D eigenvalue weighted by Gasteiger charge is 2.41. The molecule has 0 spiro atoms. The minimum Gasteiger partial charge on any atom is -0.352 e. The van der Waals surface area contributed by atoms with Crippen molar-refractivity contribution in [2.75, 3.05) is 11.9 Å². The standard InChI is InChI=1S/C30H31N5OS/c1-20-9-12-23(13-10-20)32-27(36)15-18-35-29(28(33-30(35)37)25-7-4-5-16-31-25)26-8-6-17-34(26)24-14-11-21(2)22(3)19-24/h4-14,16-17,19,28-29H,15,18H2,1-3H3,(H,32,36)(H,33,37)/t28-,29-/m0/s1. The third kappa shape index (κ3) is 5.27. The number of hydrogen-bond acceptors (Lipinski definition) is 3. The van der Waals surface area contributed by atoms with Gasteiger partial charge in [-0.2, -0.15) is 0 Å². The first-order chi connectivity index (χ1) is 17.9. The van der Waals surface area contributed by atoms with Crippen LogP contribution in [0, 0.1) is 20.8 Å². The summed E-state index contributed by atoms with van der Waals surface area (Å²) in [6.07, 6.45) is 4.20. The molecule has 1 aliphatic rings. The van der Waals surface area contributed by atoms with Gasteiger partial charge in [-0.05, 0) is 92.6 Å². The molecule has 4 aromatic rings. The van der Waals surface area contributed by atoms with Crippen LogP contribution in [-0.4, -0.2) is 32.0 Å². The first-order valence-corrected chi connectivity index (χ1v) is 12.9. The maximum atomic E-state index is 12.8. The number of carbonyl (C=O) groups excluding carboxylic acids is 1. The molecule has 6 nitrogen and oxygen atoms in total. The van der Waals surface area contributed by atoms with Crippen molar-refractivity contribution in [1.82, 2.24) is 19.8 Å². The lowest BCUT2D eigenvalue weighted by Gasteiger charge is -2.29. The highest BCUT2D eigenvalue weighted by atomic mass is 32.1. The van der Waals surface area contributed by atoms with E-state index >= 15 is 0 Å². The molecule has 2 atom stereocenters. The van der Waals surface area contributed by atoms with Crippen LogP contribution >= 0.6 is 12.2 Å². The van der Waals surface area contributed by atoms with E-state index in [1.165, 1.54) is 11.1 Å². The van der Waals surface area contributed by atoms with Crippen molar-refractivity contribution in [2.24, 2.45) is 0 Å². The number of rotatable bonds is 7. The number of anilines is 1. The molecule has 5 rings (SSSR count). The number of nitrogens with one attached hydrogen (secondary N) is 2. The maximum absolute atomic E-state index is 12.8. The van der Waals surface area contributed by atoms with Crippen LogP contribution in [0.1, 0.15) is 46.6 Å². The van der Waals surface area contributed by atoms with Gasteiger partial charge in [0.2, 0.25) is 5.91 Å². The molecule has 0 unspecified atom stereocenters. The Bertz CT molecular complexity index is 1410. The zero-order valence-corrected chi connectivity index (χ0v) is 22.1. The Kier molecular flexibility index (Phi) is 7.06. The largest absolute Gasteiger partial charge is 0.352 e. The van der Waals surface area contributed by atoms with Gasteiger partial charge in [0.15, 0.2) is 5.11 Å². The fraction of sp³-hybridized carbons (Fsp3) is 0.233. The van der Waals surface area contributed by atoms with Gasteiger partial charge in [-0.3, -0.25) is 9.78 Å². The molecule has 37 heavy (non-hydrogen) atoms. The summed E-state index contributed by atoms with van der Waals surface area (Å²) in [5.41, 5.74) is 7.54. The Morgan fingerprint density at radius 2 is 1.81 bits per heavy atom.